The molecular formula is C12H17FN2O4S. The van der Waals surface area contributed by atoms with Crippen LogP contribution in [-0.2, 0) is 14.8 Å². The van der Waals surface area contributed by atoms with Crippen molar-refractivity contribution in [2.24, 2.45) is 0 Å². The number of nitrogens with zero attached hydrogens (tertiary/aromatic N) is 1. The zero-order chi connectivity index (χ0) is 15.3. The second-order valence-corrected chi connectivity index (χ2v) is 6.31. The van der Waals surface area contributed by atoms with Crippen molar-refractivity contribution in [2.45, 2.75) is 13.0 Å². The van der Waals surface area contributed by atoms with Crippen LogP contribution in [0.4, 0.5) is 10.1 Å². The molecule has 0 aliphatic rings. The van der Waals surface area contributed by atoms with Crippen LogP contribution in [0.1, 0.15) is 6.92 Å². The Balaban J connectivity index is 2.95. The molecule has 0 spiro atoms. The molecule has 0 aromatic heterocycles. The summed E-state index contributed by atoms with van der Waals surface area (Å²) in [6, 6.07) is 4.47. The molecule has 0 aliphatic heterocycles. The highest BCUT2D eigenvalue weighted by molar-refractivity contribution is 7.92. The first-order chi connectivity index (χ1) is 9.24. The Morgan fingerprint density at radius 3 is 2.65 bits per heavy atom. The quantitative estimate of drug-likeness (QED) is 0.780. The lowest BCUT2D eigenvalue weighted by Gasteiger charge is -2.22. The van der Waals surface area contributed by atoms with E-state index in [1.807, 2.05) is 0 Å². The highest BCUT2D eigenvalue weighted by Crippen LogP contribution is 2.18. The fourth-order valence-corrected chi connectivity index (χ4v) is 2.38. The molecule has 0 radical (unpaired) electrons. The molecule has 1 aromatic carbocycles. The first kappa shape index (κ1) is 16.4. The molecular weight excluding hydrogens is 287 g/mol. The number of halogens is 1. The van der Waals surface area contributed by atoms with Crippen molar-refractivity contribution in [2.75, 3.05) is 23.7 Å². The molecule has 0 heterocycles. The third-order valence-electron chi connectivity index (χ3n) is 2.46. The minimum atomic E-state index is -3.73. The maximum atomic E-state index is 13.2. The average Bonchev–Trinajstić information content (AvgIpc) is 2.34. The van der Waals surface area contributed by atoms with Crippen molar-refractivity contribution in [1.82, 2.24) is 5.32 Å². The number of aliphatic hydroxyl groups is 1. The van der Waals surface area contributed by atoms with Crippen LogP contribution in [0.15, 0.2) is 24.3 Å². The lowest BCUT2D eigenvalue weighted by molar-refractivity contribution is -0.120. The number of nitrogens with one attached hydrogen (secondary N) is 1. The summed E-state index contributed by atoms with van der Waals surface area (Å²) in [7, 11) is -3.73. The van der Waals surface area contributed by atoms with Crippen molar-refractivity contribution in [1.29, 1.82) is 0 Å². The van der Waals surface area contributed by atoms with Gasteiger partial charge in [-0.25, -0.2) is 12.8 Å². The second kappa shape index (κ2) is 6.67. The molecule has 1 atom stereocenters. The van der Waals surface area contributed by atoms with Crippen molar-refractivity contribution in [3.8, 4) is 0 Å². The molecule has 0 unspecified atom stereocenters. The summed E-state index contributed by atoms with van der Waals surface area (Å²) in [5.74, 6) is -1.18. The molecule has 0 bridgehead atoms. The van der Waals surface area contributed by atoms with Crippen molar-refractivity contribution >= 4 is 21.6 Å². The molecule has 1 amide bonds. The van der Waals surface area contributed by atoms with Gasteiger partial charge in [0.25, 0.3) is 0 Å². The Morgan fingerprint density at radius 1 is 1.50 bits per heavy atom. The van der Waals surface area contributed by atoms with Gasteiger partial charge in [0, 0.05) is 6.04 Å². The first-order valence-corrected chi connectivity index (χ1v) is 7.72. The first-order valence-electron chi connectivity index (χ1n) is 5.87. The van der Waals surface area contributed by atoms with E-state index < -0.39 is 34.3 Å². The summed E-state index contributed by atoms with van der Waals surface area (Å²) in [5.41, 5.74) is 0.0688. The zero-order valence-corrected chi connectivity index (χ0v) is 12.0. The molecule has 0 aliphatic carbocycles. The van der Waals surface area contributed by atoms with Gasteiger partial charge in [-0.2, -0.15) is 0 Å². The van der Waals surface area contributed by atoms with E-state index in [2.05, 4.69) is 5.32 Å². The molecule has 0 saturated heterocycles. The molecule has 6 nitrogen and oxygen atoms in total. The van der Waals surface area contributed by atoms with Crippen LogP contribution in [0.25, 0.3) is 0 Å². The van der Waals surface area contributed by atoms with Crippen molar-refractivity contribution < 1.29 is 22.7 Å². The molecule has 112 valence electrons. The molecule has 20 heavy (non-hydrogen) atoms. The molecule has 2 N–H and O–H groups in total. The number of benzene rings is 1. The Morgan fingerprint density at radius 2 is 2.15 bits per heavy atom. The van der Waals surface area contributed by atoms with Crippen LogP contribution in [0, 0.1) is 5.82 Å². The van der Waals surface area contributed by atoms with Crippen LogP contribution in [-0.4, -0.2) is 44.9 Å². The Labute approximate surface area is 117 Å². The Kier molecular flexibility index (Phi) is 5.46. The third kappa shape index (κ3) is 4.78. The van der Waals surface area contributed by atoms with E-state index in [1.165, 1.54) is 18.2 Å². The van der Waals surface area contributed by atoms with Crippen LogP contribution in [0.2, 0.25) is 0 Å². The summed E-state index contributed by atoms with van der Waals surface area (Å²) in [4.78, 5) is 11.7. The zero-order valence-electron chi connectivity index (χ0n) is 11.2. The summed E-state index contributed by atoms with van der Waals surface area (Å²) >= 11 is 0. The van der Waals surface area contributed by atoms with Gasteiger partial charge in [0.05, 0.1) is 18.6 Å². The normalized spacial score (nSPS) is 12.8. The standard InChI is InChI=1S/C12H17FN2O4S/c1-9(8-16)14-12(17)7-15(20(2,18)19)11-5-3-4-10(13)6-11/h3-6,9,16H,7-8H2,1-2H3,(H,14,17)/t9-/m1/s1. The van der Waals surface area contributed by atoms with Crippen LogP contribution in [0.5, 0.6) is 0 Å². The van der Waals surface area contributed by atoms with E-state index in [4.69, 9.17) is 5.11 Å². The van der Waals surface area contributed by atoms with Gasteiger partial charge in [-0.1, -0.05) is 6.07 Å². The van der Waals surface area contributed by atoms with E-state index in [0.717, 1.165) is 16.6 Å². The number of rotatable bonds is 6. The monoisotopic (exact) mass is 304 g/mol. The smallest absolute Gasteiger partial charge is 0.241 e. The minimum absolute atomic E-state index is 0.0688. The van der Waals surface area contributed by atoms with Crippen LogP contribution < -0.4 is 9.62 Å². The largest absolute Gasteiger partial charge is 0.394 e. The summed E-state index contributed by atoms with van der Waals surface area (Å²) in [6.07, 6.45) is 0.931. The summed E-state index contributed by atoms with van der Waals surface area (Å²) in [5, 5.41) is 11.3. The number of carbonyl (C=O) groups excluding carboxylic acids is 1. The van der Waals surface area contributed by atoms with Gasteiger partial charge >= 0.3 is 0 Å². The number of aliphatic hydroxyl groups excluding tert-OH is 1. The molecule has 0 saturated carbocycles. The number of amides is 1. The fourth-order valence-electron chi connectivity index (χ4n) is 1.53. The van der Waals surface area contributed by atoms with Gasteiger partial charge in [0.2, 0.25) is 15.9 Å². The SMILES string of the molecule is C[C@H](CO)NC(=O)CN(c1cccc(F)c1)S(C)(=O)=O. The number of anilines is 1. The lowest BCUT2D eigenvalue weighted by Crippen LogP contribution is -2.44. The Hall–Kier alpha value is -1.67. The molecule has 1 aromatic rings. The van der Waals surface area contributed by atoms with Gasteiger partial charge < -0.3 is 10.4 Å². The van der Waals surface area contributed by atoms with Gasteiger partial charge in [0.15, 0.2) is 0 Å². The summed E-state index contributed by atoms with van der Waals surface area (Å²) < 4.78 is 37.4. The van der Waals surface area contributed by atoms with Gasteiger partial charge in [-0.3, -0.25) is 9.10 Å². The molecule has 0 fully saturated rings. The van der Waals surface area contributed by atoms with Crippen LogP contribution >= 0.6 is 0 Å². The minimum Gasteiger partial charge on any atom is -0.394 e. The van der Waals surface area contributed by atoms with E-state index in [-0.39, 0.29) is 12.3 Å². The predicted molar refractivity (Wildman–Crippen MR) is 73.3 cm³/mol. The third-order valence-corrected chi connectivity index (χ3v) is 3.61. The lowest BCUT2D eigenvalue weighted by atomic mass is 10.3. The van der Waals surface area contributed by atoms with E-state index in [0.29, 0.717) is 0 Å². The molecule has 1 rings (SSSR count). The number of sulfonamides is 1. The predicted octanol–water partition coefficient (Wildman–Crippen LogP) is 0.0887. The highest BCUT2D eigenvalue weighted by atomic mass is 32.2. The fraction of sp³-hybridized carbons (Fsp3) is 0.417. The highest BCUT2D eigenvalue weighted by Gasteiger charge is 2.21. The van der Waals surface area contributed by atoms with E-state index in [9.17, 15) is 17.6 Å². The van der Waals surface area contributed by atoms with E-state index >= 15 is 0 Å². The number of hydrogen-bond acceptors (Lipinski definition) is 4. The maximum absolute atomic E-state index is 13.2. The number of hydrogen-bond donors (Lipinski definition) is 2. The Bertz CT molecular complexity index is 577. The number of carbonyl (C=O) groups is 1. The average molecular weight is 304 g/mol. The van der Waals surface area contributed by atoms with Gasteiger partial charge in [-0.15, -0.1) is 0 Å². The maximum Gasteiger partial charge on any atom is 0.241 e. The van der Waals surface area contributed by atoms with E-state index in [1.54, 1.807) is 6.92 Å². The van der Waals surface area contributed by atoms with Gasteiger partial charge in [0.1, 0.15) is 12.4 Å². The van der Waals surface area contributed by atoms with Crippen LogP contribution in [0.3, 0.4) is 0 Å². The van der Waals surface area contributed by atoms with Crippen molar-refractivity contribution in [3.05, 3.63) is 30.1 Å². The topological polar surface area (TPSA) is 86.7 Å². The van der Waals surface area contributed by atoms with Crippen molar-refractivity contribution in [3.63, 3.8) is 0 Å². The van der Waals surface area contributed by atoms with Gasteiger partial charge in [-0.05, 0) is 25.1 Å². The second-order valence-electron chi connectivity index (χ2n) is 4.40. The molecule has 8 heteroatoms. The summed E-state index contributed by atoms with van der Waals surface area (Å²) in [6.45, 7) is 0.835.